The minimum Gasteiger partial charge on any atom is -0.341 e. The average Bonchev–Trinajstić information content (AvgIpc) is 2.65. The third-order valence-electron chi connectivity index (χ3n) is 3.76. The van der Waals surface area contributed by atoms with Crippen LogP contribution in [0.1, 0.15) is 0 Å². The molecular weight excluding hydrogens is 500 g/mol. The zero-order chi connectivity index (χ0) is 18.7. The van der Waals surface area contributed by atoms with E-state index in [0.717, 1.165) is 0 Å². The predicted molar refractivity (Wildman–Crippen MR) is 118 cm³/mol. The number of hydrogen-bond acceptors (Lipinski definition) is 2. The van der Waals surface area contributed by atoms with E-state index in [1.165, 1.54) is 12.1 Å². The van der Waals surface area contributed by atoms with Gasteiger partial charge in [-0.05, 0) is 44.0 Å². The molecule has 0 aliphatic rings. The molecule has 3 rings (SSSR count). The van der Waals surface area contributed by atoms with E-state index in [1.807, 2.05) is 36.4 Å². The van der Waals surface area contributed by atoms with E-state index in [2.05, 4.69) is 37.2 Å². The normalized spacial score (nSPS) is 11.2. The maximum Gasteiger partial charge on any atom is 0.197 e. The van der Waals surface area contributed by atoms with Crippen molar-refractivity contribution in [2.24, 2.45) is 0 Å². The molecule has 0 radical (unpaired) electrons. The number of anilines is 1. The lowest BCUT2D eigenvalue weighted by Gasteiger charge is -2.22. The van der Waals surface area contributed by atoms with E-state index in [-0.39, 0.29) is 4.73 Å². The van der Waals surface area contributed by atoms with Crippen LogP contribution in [0.25, 0.3) is 0 Å². The Bertz CT molecular complexity index is 932. The Kier molecular flexibility index (Phi) is 6.08. The Morgan fingerprint density at radius 2 is 1.31 bits per heavy atom. The maximum absolute atomic E-state index is 14.1. The molecule has 26 heavy (non-hydrogen) atoms. The SMILES string of the molecule is O=P(C(=S)Nc1c(Br)cc(F)cc1Br)(c1ccccc1)c1ccccc1. The molecule has 0 spiro atoms. The van der Waals surface area contributed by atoms with Crippen LogP contribution in [0, 0.1) is 5.82 Å². The largest absolute Gasteiger partial charge is 0.341 e. The first kappa shape index (κ1) is 19.4. The van der Waals surface area contributed by atoms with Crippen molar-refractivity contribution in [1.82, 2.24) is 0 Å². The van der Waals surface area contributed by atoms with E-state index in [9.17, 15) is 8.96 Å². The summed E-state index contributed by atoms with van der Waals surface area (Å²) in [7, 11) is -3.25. The van der Waals surface area contributed by atoms with Crippen LogP contribution in [0.2, 0.25) is 0 Å². The second-order valence-electron chi connectivity index (χ2n) is 5.45. The Labute approximate surface area is 173 Å². The van der Waals surface area contributed by atoms with Crippen molar-refractivity contribution in [1.29, 1.82) is 0 Å². The van der Waals surface area contributed by atoms with Gasteiger partial charge >= 0.3 is 0 Å². The molecule has 0 fully saturated rings. The number of benzene rings is 3. The van der Waals surface area contributed by atoms with Gasteiger partial charge in [0.1, 0.15) is 10.5 Å². The highest BCUT2D eigenvalue weighted by Crippen LogP contribution is 2.46. The van der Waals surface area contributed by atoms with Crippen LogP contribution in [0.15, 0.2) is 81.7 Å². The van der Waals surface area contributed by atoms with Gasteiger partial charge in [0, 0.05) is 19.6 Å². The molecule has 2 nitrogen and oxygen atoms in total. The quantitative estimate of drug-likeness (QED) is 0.340. The van der Waals surface area contributed by atoms with Gasteiger partial charge in [0.05, 0.1) is 5.69 Å². The van der Waals surface area contributed by atoms with Gasteiger partial charge in [0.25, 0.3) is 0 Å². The lowest BCUT2D eigenvalue weighted by molar-refractivity contribution is 0.594. The molecule has 0 aromatic heterocycles. The van der Waals surface area contributed by atoms with Crippen LogP contribution in [-0.2, 0) is 4.57 Å². The van der Waals surface area contributed by atoms with E-state index < -0.39 is 13.0 Å². The summed E-state index contributed by atoms with van der Waals surface area (Å²) in [5, 5.41) is 4.33. The summed E-state index contributed by atoms with van der Waals surface area (Å²) in [4.78, 5) is 0. The molecule has 7 heteroatoms. The van der Waals surface area contributed by atoms with Gasteiger partial charge in [-0.1, -0.05) is 72.9 Å². The highest BCUT2D eigenvalue weighted by molar-refractivity contribution is 9.11. The van der Waals surface area contributed by atoms with Crippen LogP contribution >= 0.6 is 51.2 Å². The van der Waals surface area contributed by atoms with Crippen molar-refractivity contribution in [2.45, 2.75) is 0 Å². The fraction of sp³-hybridized carbons (Fsp3) is 0. The number of thiocarbonyl (C=S) groups is 1. The Hall–Kier alpha value is -1.33. The molecule has 1 N–H and O–H groups in total. The van der Waals surface area contributed by atoms with Crippen LogP contribution in [0.4, 0.5) is 10.1 Å². The van der Waals surface area contributed by atoms with Crippen molar-refractivity contribution in [3.63, 3.8) is 0 Å². The van der Waals surface area contributed by atoms with Gasteiger partial charge in [-0.2, -0.15) is 0 Å². The smallest absolute Gasteiger partial charge is 0.197 e. The summed E-state index contributed by atoms with van der Waals surface area (Å²) in [5.41, 5.74) is 0.531. The minimum absolute atomic E-state index is 0.183. The molecule has 0 unspecified atom stereocenters. The molecule has 3 aromatic rings. The minimum atomic E-state index is -3.25. The summed E-state index contributed by atoms with van der Waals surface area (Å²) < 4.78 is 28.8. The summed E-state index contributed by atoms with van der Waals surface area (Å²) in [5.74, 6) is -0.394. The molecule has 0 saturated heterocycles. The van der Waals surface area contributed by atoms with Crippen LogP contribution < -0.4 is 15.9 Å². The van der Waals surface area contributed by atoms with Gasteiger partial charge in [-0.25, -0.2) is 4.39 Å². The molecule has 132 valence electrons. The lowest BCUT2D eigenvalue weighted by atomic mass is 10.3. The van der Waals surface area contributed by atoms with Gasteiger partial charge < -0.3 is 9.88 Å². The predicted octanol–water partition coefficient (Wildman–Crippen LogP) is 6.06. The van der Waals surface area contributed by atoms with E-state index in [0.29, 0.717) is 25.2 Å². The second kappa shape index (κ2) is 8.13. The van der Waals surface area contributed by atoms with Crippen LogP contribution in [0.3, 0.4) is 0 Å². The standard InChI is InChI=1S/C19H13Br2FNOPS/c20-16-11-13(22)12-17(21)18(16)23-19(26)25(24,14-7-3-1-4-8-14)15-9-5-2-6-10-15/h1-12H,(H,23,26). The summed E-state index contributed by atoms with van der Waals surface area (Å²) in [6, 6.07) is 20.9. The van der Waals surface area contributed by atoms with Gasteiger partial charge in [-0.3, -0.25) is 0 Å². The van der Waals surface area contributed by atoms with Crippen molar-refractivity contribution in [3.8, 4) is 0 Å². The topological polar surface area (TPSA) is 29.1 Å². The molecule has 0 saturated carbocycles. The molecule has 0 bridgehead atoms. The third kappa shape index (κ3) is 3.84. The molecule has 0 aliphatic heterocycles. The molecule has 0 aliphatic carbocycles. The van der Waals surface area contributed by atoms with E-state index >= 15 is 0 Å². The Morgan fingerprint density at radius 3 is 1.73 bits per heavy atom. The molecular formula is C19H13Br2FNOPS. The number of halogens is 3. The molecule has 0 heterocycles. The number of hydrogen-bond donors (Lipinski definition) is 1. The van der Waals surface area contributed by atoms with Crippen LogP contribution in [0.5, 0.6) is 0 Å². The average molecular weight is 513 g/mol. The summed E-state index contributed by atoms with van der Waals surface area (Å²) in [6.45, 7) is 0. The summed E-state index contributed by atoms with van der Waals surface area (Å²) in [6.07, 6.45) is 0. The van der Waals surface area contributed by atoms with Crippen LogP contribution in [-0.4, -0.2) is 4.73 Å². The zero-order valence-corrected chi connectivity index (χ0v) is 18.2. The lowest BCUT2D eigenvalue weighted by Crippen LogP contribution is -2.26. The summed E-state index contributed by atoms with van der Waals surface area (Å²) >= 11 is 12.2. The number of nitrogens with one attached hydrogen (secondary N) is 1. The molecule has 0 atom stereocenters. The van der Waals surface area contributed by atoms with Gasteiger partial charge in [0.2, 0.25) is 0 Å². The highest BCUT2D eigenvalue weighted by atomic mass is 79.9. The Balaban J connectivity index is 2.09. The van der Waals surface area contributed by atoms with E-state index in [4.69, 9.17) is 12.2 Å². The Morgan fingerprint density at radius 1 is 0.885 bits per heavy atom. The second-order valence-corrected chi connectivity index (χ2v) is 10.6. The first-order valence-corrected chi connectivity index (χ1v) is 11.3. The molecule has 3 aromatic carbocycles. The number of rotatable bonds is 4. The van der Waals surface area contributed by atoms with Crippen molar-refractivity contribution in [2.75, 3.05) is 5.32 Å². The van der Waals surface area contributed by atoms with Crippen molar-refractivity contribution in [3.05, 3.63) is 87.6 Å². The van der Waals surface area contributed by atoms with E-state index in [1.54, 1.807) is 24.3 Å². The highest BCUT2D eigenvalue weighted by Gasteiger charge is 2.33. The fourth-order valence-electron chi connectivity index (χ4n) is 2.51. The van der Waals surface area contributed by atoms with Crippen molar-refractivity contribution < 1.29 is 8.96 Å². The maximum atomic E-state index is 14.1. The third-order valence-corrected chi connectivity index (χ3v) is 8.62. The van der Waals surface area contributed by atoms with Crippen molar-refractivity contribution >= 4 is 72.2 Å². The van der Waals surface area contributed by atoms with Gasteiger partial charge in [0.15, 0.2) is 7.14 Å². The first-order chi connectivity index (χ1) is 12.4. The van der Waals surface area contributed by atoms with Gasteiger partial charge in [-0.15, -0.1) is 0 Å². The fourth-order valence-corrected chi connectivity index (χ4v) is 6.79. The zero-order valence-electron chi connectivity index (χ0n) is 13.3. The first-order valence-electron chi connectivity index (χ1n) is 7.60. The molecule has 0 amide bonds. The monoisotopic (exact) mass is 511 g/mol.